The summed E-state index contributed by atoms with van der Waals surface area (Å²) in [6.45, 7) is 6.01. The molecule has 0 aliphatic carbocycles. The number of thiocarbonyl (C=S) groups is 1. The number of hydrazone groups is 1. The highest BCUT2D eigenvalue weighted by molar-refractivity contribution is 7.80. The summed E-state index contributed by atoms with van der Waals surface area (Å²) in [7, 11) is 0. The maximum Gasteiger partial charge on any atom is 0.303 e. The largest absolute Gasteiger partial charge is 0.463 e. The molecule has 2 saturated heterocycles. The summed E-state index contributed by atoms with van der Waals surface area (Å²) in [5.74, 6) is -6.20. The van der Waals surface area contributed by atoms with Crippen LogP contribution < -0.4 is 10.7 Å². The lowest BCUT2D eigenvalue weighted by Gasteiger charge is -2.49. The molecule has 0 spiro atoms. The van der Waals surface area contributed by atoms with Crippen molar-refractivity contribution < 1.29 is 85.9 Å². The normalized spacial score (nSPS) is 26.5. The third-order valence-corrected chi connectivity index (χ3v) is 7.87. The fourth-order valence-corrected chi connectivity index (χ4v) is 5.84. The van der Waals surface area contributed by atoms with Gasteiger partial charge in [0, 0.05) is 66.2 Å². The van der Waals surface area contributed by atoms with Gasteiger partial charge in [0.2, 0.25) is 0 Å². The minimum atomic E-state index is -1.86. The van der Waals surface area contributed by atoms with E-state index in [0.29, 0.717) is 5.56 Å². The third kappa shape index (κ3) is 14.3. The molecule has 1 aromatic carbocycles. The van der Waals surface area contributed by atoms with E-state index in [0.717, 1.165) is 48.5 Å². The summed E-state index contributed by atoms with van der Waals surface area (Å²) in [6, 6.07) is 5.50. The van der Waals surface area contributed by atoms with E-state index in [9.17, 15) is 43.7 Å². The Morgan fingerprint density at radius 3 is 1.71 bits per heavy atom. The standard InChI is InChI=1S/C34H42N4O19S/c1-15(39)48-13-24-27(57-33-31(54-21(7)45)29(52-19(5)43)26(50-17(3)41)25(56-33)14-49-16(2)40)28(51-18(4)42)30(53-20(6)44)32(55-24)36-34(58)37-35-12-22-9-8-10-23(11-22)38(46)47/h8-12,24-33H,13-14H2,1-7H3,(H2,36,37,58)/b35-12+/t24-,25-,26+,27-,28+,29+,30-,31-,32-,33+/m1/s1. The molecular formula is C34H42N4O19S. The summed E-state index contributed by atoms with van der Waals surface area (Å²) in [5, 5.41) is 17.5. The van der Waals surface area contributed by atoms with Gasteiger partial charge in [0.25, 0.3) is 5.69 Å². The SMILES string of the molecule is CC(=O)OC[C@H]1O[C@@H](O[C@H]2[C@H](OC(C)=O)[C@@H](OC(C)=O)[C@H](NC(=S)N/N=C/c3cccc([N+](=O)[O-])c3)O[C@@H]2COC(C)=O)[C@H](OC(C)=O)[C@@H](OC(C)=O)[C@H]1OC(C)=O. The van der Waals surface area contributed by atoms with Crippen LogP contribution in [0.2, 0.25) is 0 Å². The van der Waals surface area contributed by atoms with Gasteiger partial charge >= 0.3 is 41.8 Å². The lowest BCUT2D eigenvalue weighted by atomic mass is 9.95. The number of hydrogen-bond donors (Lipinski definition) is 2. The number of carbonyl (C=O) groups is 7. The number of benzene rings is 1. The van der Waals surface area contributed by atoms with Crippen molar-refractivity contribution in [1.82, 2.24) is 10.7 Å². The van der Waals surface area contributed by atoms with Crippen molar-refractivity contribution in [3.8, 4) is 0 Å². The number of non-ortho nitro benzene ring substituents is 1. The summed E-state index contributed by atoms with van der Waals surface area (Å²) in [4.78, 5) is 96.5. The van der Waals surface area contributed by atoms with E-state index in [1.54, 1.807) is 0 Å². The monoisotopic (exact) mass is 842 g/mol. The van der Waals surface area contributed by atoms with E-state index in [-0.39, 0.29) is 10.8 Å². The maximum absolute atomic E-state index is 12.6. The molecule has 2 aliphatic rings. The second kappa shape index (κ2) is 21.6. The van der Waals surface area contributed by atoms with Crippen molar-refractivity contribution in [3.05, 3.63) is 39.9 Å². The Labute approximate surface area is 335 Å². The van der Waals surface area contributed by atoms with Crippen molar-refractivity contribution in [2.24, 2.45) is 5.10 Å². The van der Waals surface area contributed by atoms with Gasteiger partial charge in [0.15, 0.2) is 48.2 Å². The van der Waals surface area contributed by atoms with E-state index in [2.05, 4.69) is 15.8 Å². The molecule has 1 aromatic rings. The van der Waals surface area contributed by atoms with E-state index >= 15 is 0 Å². The topological polar surface area (TPSA) is 291 Å². The van der Waals surface area contributed by atoms with Crippen molar-refractivity contribution in [2.45, 2.75) is 110 Å². The third-order valence-electron chi connectivity index (χ3n) is 7.66. The molecule has 0 saturated carbocycles. The smallest absolute Gasteiger partial charge is 0.303 e. The zero-order valence-electron chi connectivity index (χ0n) is 32.1. The van der Waals surface area contributed by atoms with Gasteiger partial charge < -0.3 is 52.7 Å². The highest BCUT2D eigenvalue weighted by atomic mass is 32.1. The number of carbonyl (C=O) groups excluding carboxylic acids is 7. The Morgan fingerprint density at radius 2 is 1.19 bits per heavy atom. The zero-order valence-corrected chi connectivity index (χ0v) is 33.0. The lowest BCUT2D eigenvalue weighted by Crippen LogP contribution is -2.69. The maximum atomic E-state index is 12.6. The van der Waals surface area contributed by atoms with Gasteiger partial charge in [-0.25, -0.2) is 0 Å². The summed E-state index contributed by atoms with van der Waals surface area (Å²) in [5.41, 5.74) is 2.61. The fraction of sp³-hybridized carbons (Fsp3) is 0.559. The Hall–Kier alpha value is -5.85. The van der Waals surface area contributed by atoms with Crippen LogP contribution in [0.5, 0.6) is 0 Å². The molecule has 0 radical (unpaired) electrons. The number of nitrogens with zero attached hydrogens (tertiary/aromatic N) is 2. The number of rotatable bonds is 15. The number of ether oxygens (including phenoxy) is 10. The van der Waals surface area contributed by atoms with Crippen LogP contribution in [0.15, 0.2) is 29.4 Å². The van der Waals surface area contributed by atoms with Crippen LogP contribution in [0.4, 0.5) is 5.69 Å². The number of nitrogens with one attached hydrogen (secondary N) is 2. The van der Waals surface area contributed by atoms with Crippen molar-refractivity contribution in [2.75, 3.05) is 13.2 Å². The van der Waals surface area contributed by atoms with Gasteiger partial charge in [-0.3, -0.25) is 49.1 Å². The van der Waals surface area contributed by atoms with Crippen LogP contribution in [0.25, 0.3) is 0 Å². The van der Waals surface area contributed by atoms with E-state index in [1.165, 1.54) is 30.5 Å². The molecule has 318 valence electrons. The predicted octanol–water partition coefficient (Wildman–Crippen LogP) is 0.0125. The van der Waals surface area contributed by atoms with Crippen LogP contribution >= 0.6 is 12.2 Å². The molecule has 2 N–H and O–H groups in total. The summed E-state index contributed by atoms with van der Waals surface area (Å²) in [6.07, 6.45) is -15.0. The molecule has 58 heavy (non-hydrogen) atoms. The first-order chi connectivity index (χ1) is 27.2. The van der Waals surface area contributed by atoms with Gasteiger partial charge in [-0.05, 0) is 12.2 Å². The van der Waals surface area contributed by atoms with Gasteiger partial charge in [-0.1, -0.05) is 12.1 Å². The number of nitro groups is 1. The van der Waals surface area contributed by atoms with Crippen LogP contribution in [0.3, 0.4) is 0 Å². The molecule has 2 fully saturated rings. The highest BCUT2D eigenvalue weighted by Crippen LogP contribution is 2.35. The molecule has 0 aromatic heterocycles. The van der Waals surface area contributed by atoms with Crippen LogP contribution in [-0.2, 0) is 80.9 Å². The van der Waals surface area contributed by atoms with Gasteiger partial charge in [0.05, 0.1) is 11.1 Å². The molecule has 0 bridgehead atoms. The zero-order chi connectivity index (χ0) is 43.3. The summed E-state index contributed by atoms with van der Waals surface area (Å²) >= 11 is 5.34. The molecule has 23 nitrogen and oxygen atoms in total. The minimum Gasteiger partial charge on any atom is -0.463 e. The molecule has 10 atom stereocenters. The first-order valence-electron chi connectivity index (χ1n) is 17.2. The first kappa shape index (κ1) is 46.5. The Balaban J connectivity index is 2.08. The van der Waals surface area contributed by atoms with Crippen molar-refractivity contribution >= 4 is 71.0 Å². The summed E-state index contributed by atoms with van der Waals surface area (Å²) < 4.78 is 56.4. The van der Waals surface area contributed by atoms with Crippen molar-refractivity contribution in [1.29, 1.82) is 0 Å². The average molecular weight is 843 g/mol. The van der Waals surface area contributed by atoms with Gasteiger partial charge in [-0.15, -0.1) is 0 Å². The molecule has 24 heteroatoms. The first-order valence-corrected chi connectivity index (χ1v) is 17.6. The molecule has 0 unspecified atom stereocenters. The highest BCUT2D eigenvalue weighted by Gasteiger charge is 2.57. The van der Waals surface area contributed by atoms with Crippen LogP contribution in [-0.4, -0.2) is 133 Å². The predicted molar refractivity (Wildman–Crippen MR) is 193 cm³/mol. The fourth-order valence-electron chi connectivity index (χ4n) is 5.67. The van der Waals surface area contributed by atoms with Gasteiger partial charge in [0.1, 0.15) is 31.5 Å². The molecule has 0 amide bonds. The Morgan fingerprint density at radius 1 is 0.707 bits per heavy atom. The number of nitro benzene ring substituents is 1. The van der Waals surface area contributed by atoms with Gasteiger partial charge in [-0.2, -0.15) is 5.10 Å². The van der Waals surface area contributed by atoms with Crippen LogP contribution in [0, 0.1) is 10.1 Å². The second-order valence-corrected chi connectivity index (χ2v) is 12.8. The van der Waals surface area contributed by atoms with E-state index in [1.807, 2.05) is 0 Å². The molecule has 2 aliphatic heterocycles. The molecular weight excluding hydrogens is 800 g/mol. The van der Waals surface area contributed by atoms with E-state index < -0.39 is 121 Å². The molecule has 2 heterocycles. The Bertz CT molecular complexity index is 1760. The Kier molecular flexibility index (Phi) is 17.3. The molecule has 3 rings (SSSR count). The average Bonchev–Trinajstić information content (AvgIpc) is 3.10. The minimum absolute atomic E-state index is 0.194. The van der Waals surface area contributed by atoms with E-state index in [4.69, 9.17) is 59.6 Å². The number of hydrogen-bond acceptors (Lipinski definition) is 21. The number of esters is 7. The second-order valence-electron chi connectivity index (χ2n) is 12.4. The quantitative estimate of drug-likeness (QED) is 0.0587. The lowest BCUT2D eigenvalue weighted by molar-refractivity contribution is -0.384. The van der Waals surface area contributed by atoms with Crippen LogP contribution in [0.1, 0.15) is 54.0 Å². The van der Waals surface area contributed by atoms with Crippen molar-refractivity contribution in [3.63, 3.8) is 0 Å².